The van der Waals surface area contributed by atoms with E-state index in [4.69, 9.17) is 0 Å². The summed E-state index contributed by atoms with van der Waals surface area (Å²) in [4.78, 5) is 48.4. The number of hydrogen-bond acceptors (Lipinski definition) is 4. The molecule has 0 aliphatic carbocycles. The highest BCUT2D eigenvalue weighted by atomic mass is 19.2. The minimum absolute atomic E-state index is 0.0837. The summed E-state index contributed by atoms with van der Waals surface area (Å²) in [5.74, 6) is -12.1. The predicted molar refractivity (Wildman–Crippen MR) is 73.1 cm³/mol. The summed E-state index contributed by atoms with van der Waals surface area (Å²) in [6.45, 7) is 2.20. The lowest BCUT2D eigenvalue weighted by Gasteiger charge is -2.36. The molecule has 1 aromatic rings. The lowest BCUT2D eigenvalue weighted by Crippen LogP contribution is -2.72. The summed E-state index contributed by atoms with van der Waals surface area (Å²) in [7, 11) is 0. The van der Waals surface area contributed by atoms with E-state index in [1.165, 1.54) is 6.92 Å². The number of urea groups is 1. The smallest absolute Gasteiger partial charge is 0.330 e. The maximum Gasteiger partial charge on any atom is 0.330 e. The highest BCUT2D eigenvalue weighted by Gasteiger charge is 2.51. The van der Waals surface area contributed by atoms with Crippen LogP contribution in [0.2, 0.25) is 0 Å². The average Bonchev–Trinajstić information content (AvgIpc) is 2.55. The van der Waals surface area contributed by atoms with Crippen molar-refractivity contribution in [3.8, 4) is 0 Å². The monoisotopic (exact) mass is 361 g/mol. The van der Waals surface area contributed by atoms with Gasteiger partial charge in [-0.05, 0) is 19.9 Å². The number of carbonyl (C=O) groups excluding carboxylic acids is 4. The van der Waals surface area contributed by atoms with Crippen LogP contribution in [-0.4, -0.2) is 40.7 Å². The number of amides is 5. The van der Waals surface area contributed by atoms with Crippen LogP contribution in [0.4, 0.5) is 22.4 Å². The number of carbonyl (C=O) groups is 4. The molecule has 1 heterocycles. The minimum Gasteiger partial charge on any atom is -0.330 e. The van der Waals surface area contributed by atoms with E-state index in [9.17, 15) is 36.7 Å². The van der Waals surface area contributed by atoms with Gasteiger partial charge in [0.1, 0.15) is 0 Å². The van der Waals surface area contributed by atoms with Crippen molar-refractivity contribution in [1.82, 2.24) is 15.5 Å². The van der Waals surface area contributed by atoms with Gasteiger partial charge in [0, 0.05) is 6.54 Å². The fourth-order valence-electron chi connectivity index (χ4n) is 2.18. The van der Waals surface area contributed by atoms with Gasteiger partial charge in [0.2, 0.25) is 0 Å². The Balaban J connectivity index is 2.41. The van der Waals surface area contributed by atoms with Gasteiger partial charge in [0.25, 0.3) is 17.7 Å². The Morgan fingerprint density at radius 2 is 1.76 bits per heavy atom. The summed E-state index contributed by atoms with van der Waals surface area (Å²) < 4.78 is 53.1. The number of nitrogens with zero attached hydrogens (tertiary/aromatic N) is 1. The second-order valence-electron chi connectivity index (χ2n) is 5.24. The number of barbiturate groups is 1. The van der Waals surface area contributed by atoms with E-state index >= 15 is 0 Å². The Kier molecular flexibility index (Phi) is 4.51. The number of nitrogens with one attached hydrogen (secondary N) is 2. The van der Waals surface area contributed by atoms with E-state index in [-0.39, 0.29) is 12.6 Å². The third-order valence-electron chi connectivity index (χ3n) is 3.62. The molecule has 1 unspecified atom stereocenters. The van der Waals surface area contributed by atoms with Crippen LogP contribution in [0, 0.1) is 23.3 Å². The van der Waals surface area contributed by atoms with E-state index in [1.807, 2.05) is 10.6 Å². The molecule has 0 radical (unpaired) electrons. The molecular weight excluding hydrogens is 350 g/mol. The number of benzene rings is 1. The van der Waals surface area contributed by atoms with Crippen LogP contribution >= 0.6 is 0 Å². The second-order valence-corrected chi connectivity index (χ2v) is 5.24. The van der Waals surface area contributed by atoms with Crippen LogP contribution in [0.15, 0.2) is 6.07 Å². The second kappa shape index (κ2) is 6.15. The molecule has 5 amide bonds. The van der Waals surface area contributed by atoms with Gasteiger partial charge in [-0.3, -0.25) is 24.6 Å². The number of likely N-dealkylation sites (N-methyl/N-ethyl adjacent to an activating group) is 1. The van der Waals surface area contributed by atoms with Gasteiger partial charge >= 0.3 is 6.03 Å². The summed E-state index contributed by atoms with van der Waals surface area (Å²) in [5, 5.41) is 3.64. The molecule has 1 fully saturated rings. The number of imide groups is 2. The van der Waals surface area contributed by atoms with Gasteiger partial charge in [0.05, 0.1) is 5.56 Å². The van der Waals surface area contributed by atoms with E-state index in [0.29, 0.717) is 4.90 Å². The Morgan fingerprint density at radius 1 is 1.16 bits per heavy atom. The van der Waals surface area contributed by atoms with E-state index < -0.39 is 58.1 Å². The Morgan fingerprint density at radius 3 is 2.32 bits per heavy atom. The first-order valence-corrected chi connectivity index (χ1v) is 6.87. The topological polar surface area (TPSA) is 95.6 Å². The zero-order valence-electron chi connectivity index (χ0n) is 12.9. The Labute approximate surface area is 138 Å². The molecule has 1 saturated heterocycles. The lowest BCUT2D eigenvalue weighted by atomic mass is 9.96. The number of hydrogen-bond donors (Lipinski definition) is 2. The van der Waals surface area contributed by atoms with Gasteiger partial charge in [-0.25, -0.2) is 22.4 Å². The first-order valence-electron chi connectivity index (χ1n) is 6.87. The van der Waals surface area contributed by atoms with E-state index in [0.717, 1.165) is 6.92 Å². The van der Waals surface area contributed by atoms with E-state index in [2.05, 4.69) is 0 Å². The van der Waals surface area contributed by atoms with Crippen LogP contribution in [0.25, 0.3) is 0 Å². The molecule has 25 heavy (non-hydrogen) atoms. The quantitative estimate of drug-likeness (QED) is 0.361. The summed E-state index contributed by atoms with van der Waals surface area (Å²) >= 11 is 0. The van der Waals surface area contributed by atoms with Crippen LogP contribution < -0.4 is 10.6 Å². The molecule has 11 heteroatoms. The summed E-state index contributed by atoms with van der Waals surface area (Å²) in [6, 6.07) is -0.935. The highest BCUT2D eigenvalue weighted by molar-refractivity contribution is 6.23. The Hall–Kier alpha value is -2.98. The Bertz CT molecular complexity index is 814. The van der Waals surface area contributed by atoms with Gasteiger partial charge in [-0.2, -0.15) is 0 Å². The largest absolute Gasteiger partial charge is 0.330 e. The van der Waals surface area contributed by atoms with Crippen molar-refractivity contribution in [2.45, 2.75) is 19.4 Å². The molecule has 0 saturated carbocycles. The van der Waals surface area contributed by atoms with E-state index in [1.54, 1.807) is 0 Å². The molecule has 2 rings (SSSR count). The van der Waals surface area contributed by atoms with Crippen molar-refractivity contribution in [2.75, 3.05) is 6.54 Å². The maximum absolute atomic E-state index is 13.7. The predicted octanol–water partition coefficient (Wildman–Crippen LogP) is 0.830. The third-order valence-corrected chi connectivity index (χ3v) is 3.62. The van der Waals surface area contributed by atoms with Gasteiger partial charge < -0.3 is 5.32 Å². The molecule has 0 bridgehead atoms. The normalized spacial score (nSPS) is 20.6. The zero-order valence-corrected chi connectivity index (χ0v) is 12.9. The van der Waals surface area contributed by atoms with Crippen LogP contribution in [0.1, 0.15) is 24.2 Å². The summed E-state index contributed by atoms with van der Waals surface area (Å²) in [6.07, 6.45) is 0. The average molecular weight is 361 g/mol. The standard InChI is InChI=1S/C14H11F4N3O4/c1-3-21-12(24)14(2,11(23)19-13(21)25)20-10(22)5-4-6(15)8(17)9(18)7(5)16/h4H,3H2,1-2H3,(H,20,22)(H,19,23,25). The SMILES string of the molecule is CCN1C(=O)NC(=O)C(C)(NC(=O)c2cc(F)c(F)c(F)c2F)C1=O. The van der Waals surface area contributed by atoms with Crippen LogP contribution in [0.5, 0.6) is 0 Å². The maximum atomic E-state index is 13.7. The third kappa shape index (κ3) is 2.81. The molecule has 134 valence electrons. The summed E-state index contributed by atoms with van der Waals surface area (Å²) in [5.41, 5.74) is -3.59. The van der Waals surface area contributed by atoms with Crippen molar-refractivity contribution in [3.05, 3.63) is 34.9 Å². The number of rotatable bonds is 3. The van der Waals surface area contributed by atoms with Crippen molar-refractivity contribution in [1.29, 1.82) is 0 Å². The van der Waals surface area contributed by atoms with Gasteiger partial charge in [-0.15, -0.1) is 0 Å². The van der Waals surface area contributed by atoms with Gasteiger partial charge in [0.15, 0.2) is 28.8 Å². The molecule has 1 aromatic carbocycles. The molecule has 2 N–H and O–H groups in total. The first-order chi connectivity index (χ1) is 11.5. The fraction of sp³-hybridized carbons (Fsp3) is 0.286. The lowest BCUT2D eigenvalue weighted by molar-refractivity contribution is -0.145. The first kappa shape index (κ1) is 18.4. The fourth-order valence-corrected chi connectivity index (χ4v) is 2.18. The van der Waals surface area contributed by atoms with Crippen LogP contribution in [0.3, 0.4) is 0 Å². The molecule has 0 spiro atoms. The molecule has 0 aromatic heterocycles. The molecule has 1 aliphatic heterocycles. The number of halogens is 4. The highest BCUT2D eigenvalue weighted by Crippen LogP contribution is 2.21. The van der Waals surface area contributed by atoms with Gasteiger partial charge in [-0.1, -0.05) is 0 Å². The molecular formula is C14H11F4N3O4. The zero-order chi connectivity index (χ0) is 19.1. The van der Waals surface area contributed by atoms with Crippen LogP contribution in [-0.2, 0) is 9.59 Å². The minimum atomic E-state index is -2.34. The van der Waals surface area contributed by atoms with Crippen molar-refractivity contribution >= 4 is 23.8 Å². The molecule has 1 aliphatic rings. The molecule has 7 nitrogen and oxygen atoms in total. The van der Waals surface area contributed by atoms with Crippen molar-refractivity contribution < 1.29 is 36.7 Å². The molecule has 1 atom stereocenters. The van der Waals surface area contributed by atoms with Crippen molar-refractivity contribution in [2.24, 2.45) is 0 Å². The van der Waals surface area contributed by atoms with Crippen molar-refractivity contribution in [3.63, 3.8) is 0 Å².